The lowest BCUT2D eigenvalue weighted by molar-refractivity contribution is 0.410. The second kappa shape index (κ2) is 8.47. The second-order valence-electron chi connectivity index (χ2n) is 8.22. The van der Waals surface area contributed by atoms with E-state index in [0.717, 1.165) is 21.4 Å². The molecule has 160 valence electrons. The van der Waals surface area contributed by atoms with Crippen molar-refractivity contribution in [3.63, 3.8) is 0 Å². The third-order valence-corrected chi connectivity index (χ3v) is 7.08. The Bertz CT molecular complexity index is 1480. The summed E-state index contributed by atoms with van der Waals surface area (Å²) in [5.41, 5.74) is 3.40. The third kappa shape index (κ3) is 3.62. The third-order valence-electron chi connectivity index (χ3n) is 6.22. The van der Waals surface area contributed by atoms with Gasteiger partial charge >= 0.3 is 0 Å². The fourth-order valence-electron chi connectivity index (χ4n) is 4.66. The van der Waals surface area contributed by atoms with Gasteiger partial charge in [-0.05, 0) is 43.0 Å². The zero-order valence-corrected chi connectivity index (χ0v) is 19.5. The molecule has 0 saturated heterocycles. The van der Waals surface area contributed by atoms with E-state index in [9.17, 15) is 0 Å². The van der Waals surface area contributed by atoms with Crippen LogP contribution in [0.15, 0.2) is 119 Å². The molecule has 0 amide bonds. The molecule has 5 aromatic carbocycles. The first-order valence-electron chi connectivity index (χ1n) is 11.1. The van der Waals surface area contributed by atoms with Gasteiger partial charge in [0.05, 0.1) is 0 Å². The summed E-state index contributed by atoms with van der Waals surface area (Å²) in [6, 6.07) is 37.9. The van der Waals surface area contributed by atoms with E-state index in [4.69, 9.17) is 4.99 Å². The van der Waals surface area contributed by atoms with Crippen molar-refractivity contribution in [1.29, 1.82) is 0 Å². The lowest BCUT2D eigenvalue weighted by Crippen LogP contribution is -2.45. The van der Waals surface area contributed by atoms with Crippen LogP contribution in [0.2, 0.25) is 0 Å². The quantitative estimate of drug-likeness (QED) is 0.264. The summed E-state index contributed by atoms with van der Waals surface area (Å²) >= 11 is 3.97. The highest BCUT2D eigenvalue weighted by molar-refractivity contribution is 9.10. The SMILES string of the molecule is Brc1c(C2NC(c3ccccc3)=NC(c3ccccc3)N2)c2ccccc2c2ccccc12. The van der Waals surface area contributed by atoms with E-state index >= 15 is 0 Å². The monoisotopic (exact) mass is 491 g/mol. The smallest absolute Gasteiger partial charge is 0.131 e. The normalized spacial score (nSPS) is 18.2. The summed E-state index contributed by atoms with van der Waals surface area (Å²) in [5, 5.41) is 12.4. The highest BCUT2D eigenvalue weighted by Crippen LogP contribution is 2.40. The molecule has 5 aromatic rings. The number of rotatable bonds is 3. The Hall–Kier alpha value is -3.47. The van der Waals surface area contributed by atoms with Crippen molar-refractivity contribution in [2.45, 2.75) is 12.3 Å². The standard InChI is InChI=1S/C29H22BrN3/c30-26-24-18-10-8-16-22(24)21-15-7-9-17-23(21)25(26)29-32-27(19-11-3-1-4-12-19)31-28(33-29)20-13-5-2-6-14-20/h1-18,27,29,32H,(H,31,33). The molecule has 2 atom stereocenters. The number of nitrogens with zero attached hydrogens (tertiary/aromatic N) is 1. The Morgan fingerprint density at radius 2 is 1.15 bits per heavy atom. The van der Waals surface area contributed by atoms with E-state index in [0.29, 0.717) is 0 Å². The maximum absolute atomic E-state index is 5.05. The van der Waals surface area contributed by atoms with Crippen molar-refractivity contribution in [2.75, 3.05) is 0 Å². The molecule has 3 nitrogen and oxygen atoms in total. The van der Waals surface area contributed by atoms with Gasteiger partial charge in [-0.25, -0.2) is 4.99 Å². The van der Waals surface area contributed by atoms with Gasteiger partial charge in [-0.15, -0.1) is 0 Å². The minimum absolute atomic E-state index is 0.133. The molecule has 0 aliphatic carbocycles. The predicted octanol–water partition coefficient (Wildman–Crippen LogP) is 7.09. The molecule has 0 aromatic heterocycles. The molecular weight excluding hydrogens is 470 g/mol. The molecule has 0 radical (unpaired) electrons. The molecular formula is C29H22BrN3. The molecule has 0 spiro atoms. The van der Waals surface area contributed by atoms with E-state index in [-0.39, 0.29) is 12.3 Å². The van der Waals surface area contributed by atoms with Crippen LogP contribution in [0, 0.1) is 0 Å². The fourth-order valence-corrected chi connectivity index (χ4v) is 5.45. The number of fused-ring (bicyclic) bond motifs is 3. The van der Waals surface area contributed by atoms with Gasteiger partial charge in [-0.1, -0.05) is 109 Å². The van der Waals surface area contributed by atoms with Crippen LogP contribution in [-0.2, 0) is 0 Å². The molecule has 6 rings (SSSR count). The zero-order chi connectivity index (χ0) is 22.2. The van der Waals surface area contributed by atoms with Gasteiger partial charge in [-0.2, -0.15) is 0 Å². The largest absolute Gasteiger partial charge is 0.350 e. The highest BCUT2D eigenvalue weighted by atomic mass is 79.9. The van der Waals surface area contributed by atoms with Crippen molar-refractivity contribution >= 4 is 43.3 Å². The van der Waals surface area contributed by atoms with Gasteiger partial charge in [0, 0.05) is 15.6 Å². The fraction of sp³-hybridized carbons (Fsp3) is 0.0690. The first-order valence-corrected chi connectivity index (χ1v) is 11.9. The van der Waals surface area contributed by atoms with Gasteiger partial charge in [0.1, 0.15) is 18.2 Å². The van der Waals surface area contributed by atoms with Crippen molar-refractivity contribution in [2.24, 2.45) is 4.99 Å². The van der Waals surface area contributed by atoms with Crippen LogP contribution in [0.4, 0.5) is 0 Å². The summed E-state index contributed by atoms with van der Waals surface area (Å²) in [6.07, 6.45) is -0.295. The van der Waals surface area contributed by atoms with Crippen LogP contribution >= 0.6 is 15.9 Å². The van der Waals surface area contributed by atoms with Gasteiger partial charge in [0.25, 0.3) is 0 Å². The summed E-state index contributed by atoms with van der Waals surface area (Å²) in [4.78, 5) is 5.05. The average molecular weight is 492 g/mol. The molecule has 1 heterocycles. The minimum atomic E-state index is -0.162. The van der Waals surface area contributed by atoms with Gasteiger partial charge in [0.15, 0.2) is 0 Å². The lowest BCUT2D eigenvalue weighted by Gasteiger charge is -2.33. The second-order valence-corrected chi connectivity index (χ2v) is 9.01. The number of hydrogen-bond acceptors (Lipinski definition) is 3. The van der Waals surface area contributed by atoms with Crippen molar-refractivity contribution in [3.8, 4) is 0 Å². The molecule has 1 aliphatic heterocycles. The minimum Gasteiger partial charge on any atom is -0.350 e. The summed E-state index contributed by atoms with van der Waals surface area (Å²) in [6.45, 7) is 0. The van der Waals surface area contributed by atoms with Crippen LogP contribution in [-0.4, -0.2) is 5.84 Å². The first-order chi connectivity index (χ1) is 16.3. The topological polar surface area (TPSA) is 36.4 Å². The molecule has 2 unspecified atom stereocenters. The van der Waals surface area contributed by atoms with Gasteiger partial charge in [0.2, 0.25) is 0 Å². The Morgan fingerprint density at radius 3 is 1.85 bits per heavy atom. The van der Waals surface area contributed by atoms with Crippen molar-refractivity contribution < 1.29 is 0 Å². The van der Waals surface area contributed by atoms with Crippen molar-refractivity contribution in [1.82, 2.24) is 10.6 Å². The van der Waals surface area contributed by atoms with E-state index < -0.39 is 0 Å². The molecule has 0 saturated carbocycles. The Balaban J connectivity index is 1.56. The first kappa shape index (κ1) is 20.2. The maximum Gasteiger partial charge on any atom is 0.131 e. The van der Waals surface area contributed by atoms with Crippen LogP contribution in [0.3, 0.4) is 0 Å². The summed E-state index contributed by atoms with van der Waals surface area (Å²) in [7, 11) is 0. The number of aliphatic imine (C=N–C) groups is 1. The van der Waals surface area contributed by atoms with Crippen LogP contribution < -0.4 is 10.6 Å². The Morgan fingerprint density at radius 1 is 0.606 bits per heavy atom. The molecule has 0 fully saturated rings. The molecule has 2 N–H and O–H groups in total. The molecule has 33 heavy (non-hydrogen) atoms. The number of halogens is 1. The summed E-state index contributed by atoms with van der Waals surface area (Å²) < 4.78 is 1.10. The van der Waals surface area contributed by atoms with E-state index in [1.807, 2.05) is 12.1 Å². The number of benzene rings is 5. The maximum atomic E-state index is 5.05. The van der Waals surface area contributed by atoms with Gasteiger partial charge in [-0.3, -0.25) is 5.32 Å². The van der Waals surface area contributed by atoms with Gasteiger partial charge < -0.3 is 5.32 Å². The average Bonchev–Trinajstić information content (AvgIpc) is 2.90. The summed E-state index contributed by atoms with van der Waals surface area (Å²) in [5.74, 6) is 0.886. The van der Waals surface area contributed by atoms with Crippen LogP contribution in [0.5, 0.6) is 0 Å². The zero-order valence-electron chi connectivity index (χ0n) is 17.9. The number of hydrogen-bond donors (Lipinski definition) is 2. The number of amidine groups is 1. The lowest BCUT2D eigenvalue weighted by atomic mass is 9.95. The molecule has 0 bridgehead atoms. The molecule has 4 heteroatoms. The highest BCUT2D eigenvalue weighted by Gasteiger charge is 2.28. The van der Waals surface area contributed by atoms with Crippen LogP contribution in [0.1, 0.15) is 29.0 Å². The van der Waals surface area contributed by atoms with Crippen LogP contribution in [0.25, 0.3) is 21.5 Å². The Labute approximate surface area is 201 Å². The van der Waals surface area contributed by atoms with E-state index in [1.165, 1.54) is 27.1 Å². The predicted molar refractivity (Wildman–Crippen MR) is 140 cm³/mol. The Kier molecular flexibility index (Phi) is 5.17. The molecule has 1 aliphatic rings. The van der Waals surface area contributed by atoms with Crippen molar-refractivity contribution in [3.05, 3.63) is 130 Å². The number of nitrogens with one attached hydrogen (secondary N) is 2. The van der Waals surface area contributed by atoms with E-state index in [1.54, 1.807) is 0 Å². The van der Waals surface area contributed by atoms with E-state index in [2.05, 4.69) is 124 Å².